The molecule has 2 aromatic heterocycles. The molecule has 2 aromatic carbocycles. The van der Waals surface area contributed by atoms with E-state index in [1.807, 2.05) is 18.6 Å². The van der Waals surface area contributed by atoms with E-state index < -0.39 is 0 Å². The first-order valence-electron chi connectivity index (χ1n) is 8.82. The van der Waals surface area contributed by atoms with Crippen molar-refractivity contribution in [2.24, 2.45) is 0 Å². The van der Waals surface area contributed by atoms with Crippen molar-refractivity contribution in [3.63, 3.8) is 0 Å². The van der Waals surface area contributed by atoms with Crippen LogP contribution in [0.1, 0.15) is 31.7 Å². The Bertz CT molecular complexity index is 1010. The lowest BCUT2D eigenvalue weighted by Crippen LogP contribution is -2.05. The van der Waals surface area contributed by atoms with Crippen molar-refractivity contribution in [1.82, 2.24) is 25.0 Å². The van der Waals surface area contributed by atoms with Gasteiger partial charge in [-0.1, -0.05) is 49.2 Å². The average molecular weight is 329 g/mol. The number of nitrogens with one attached hydrogen (secondary N) is 1. The second kappa shape index (κ2) is 5.84. The zero-order valence-corrected chi connectivity index (χ0v) is 13.9. The van der Waals surface area contributed by atoms with Gasteiger partial charge in [-0.15, -0.1) is 10.2 Å². The normalized spacial score (nSPS) is 15.2. The van der Waals surface area contributed by atoms with Crippen molar-refractivity contribution < 1.29 is 0 Å². The second-order valence-electron chi connectivity index (χ2n) is 6.71. The number of H-pyrrole nitrogens is 1. The molecule has 0 amide bonds. The van der Waals surface area contributed by atoms with E-state index in [1.165, 1.54) is 36.8 Å². The highest BCUT2D eigenvalue weighted by molar-refractivity contribution is 5.94. The Kier molecular flexibility index (Phi) is 3.37. The van der Waals surface area contributed by atoms with Gasteiger partial charge in [-0.25, -0.2) is 0 Å². The number of hydrogen-bond donors (Lipinski definition) is 1. The van der Waals surface area contributed by atoms with Crippen molar-refractivity contribution in [3.8, 4) is 22.5 Å². The van der Waals surface area contributed by atoms with Crippen molar-refractivity contribution in [2.45, 2.75) is 31.7 Å². The number of fused-ring (bicyclic) bond motifs is 1. The van der Waals surface area contributed by atoms with Crippen LogP contribution in [-0.2, 0) is 0 Å². The Morgan fingerprint density at radius 1 is 0.960 bits per heavy atom. The lowest BCUT2D eigenvalue weighted by atomic mass is 10.0. The Morgan fingerprint density at radius 3 is 2.60 bits per heavy atom. The third-order valence-electron chi connectivity index (χ3n) is 5.23. The molecule has 0 saturated heterocycles. The van der Waals surface area contributed by atoms with Crippen LogP contribution in [0, 0.1) is 0 Å². The molecule has 5 nitrogen and oxygen atoms in total. The van der Waals surface area contributed by atoms with Gasteiger partial charge in [0.05, 0.1) is 11.7 Å². The summed E-state index contributed by atoms with van der Waals surface area (Å²) in [6, 6.07) is 15.4. The summed E-state index contributed by atoms with van der Waals surface area (Å²) < 4.78 is 2.25. The van der Waals surface area contributed by atoms with E-state index >= 15 is 0 Å². The molecule has 1 N–H and O–H groups in total. The van der Waals surface area contributed by atoms with Crippen LogP contribution >= 0.6 is 0 Å². The maximum atomic E-state index is 4.37. The Morgan fingerprint density at radius 2 is 1.76 bits per heavy atom. The molecule has 25 heavy (non-hydrogen) atoms. The first kappa shape index (κ1) is 14.4. The molecule has 5 heteroatoms. The summed E-state index contributed by atoms with van der Waals surface area (Å²) in [6.07, 6.45) is 8.82. The van der Waals surface area contributed by atoms with Gasteiger partial charge in [0.2, 0.25) is 0 Å². The summed E-state index contributed by atoms with van der Waals surface area (Å²) in [4.78, 5) is 0. The third-order valence-corrected chi connectivity index (χ3v) is 5.23. The quantitative estimate of drug-likeness (QED) is 0.597. The van der Waals surface area contributed by atoms with E-state index in [4.69, 9.17) is 0 Å². The minimum Gasteiger partial charge on any atom is -0.310 e. The molecule has 2 heterocycles. The summed E-state index contributed by atoms with van der Waals surface area (Å²) in [5, 5.41) is 16.9. The highest BCUT2D eigenvalue weighted by atomic mass is 15.3. The van der Waals surface area contributed by atoms with Crippen molar-refractivity contribution >= 4 is 10.9 Å². The van der Waals surface area contributed by atoms with E-state index in [9.17, 15) is 0 Å². The maximum absolute atomic E-state index is 4.37. The van der Waals surface area contributed by atoms with Crippen LogP contribution in [0.2, 0.25) is 0 Å². The molecular formula is C20H19N5. The van der Waals surface area contributed by atoms with Crippen LogP contribution in [-0.4, -0.2) is 25.0 Å². The van der Waals surface area contributed by atoms with Crippen LogP contribution in [0.4, 0.5) is 0 Å². The van der Waals surface area contributed by atoms with Gasteiger partial charge in [0.25, 0.3) is 0 Å². The molecule has 1 saturated carbocycles. The zero-order valence-electron chi connectivity index (χ0n) is 13.9. The predicted molar refractivity (Wildman–Crippen MR) is 98.1 cm³/mol. The number of hydrogen-bond acceptors (Lipinski definition) is 3. The van der Waals surface area contributed by atoms with Gasteiger partial charge in [0.15, 0.2) is 5.82 Å². The fraction of sp³-hybridized carbons (Fsp3) is 0.250. The Hall–Kier alpha value is -2.95. The number of nitrogens with zero attached hydrogens (tertiary/aromatic N) is 4. The van der Waals surface area contributed by atoms with Crippen molar-refractivity contribution in [1.29, 1.82) is 0 Å². The van der Waals surface area contributed by atoms with E-state index in [2.05, 4.69) is 61.4 Å². The SMILES string of the molecule is c1cc(-c2ccc(-c3nncn3C3CCCC3)cc2)c2cn[nH]c2c1. The highest BCUT2D eigenvalue weighted by Gasteiger charge is 2.20. The average Bonchev–Trinajstić information content (AvgIpc) is 3.41. The molecular weight excluding hydrogens is 310 g/mol. The van der Waals surface area contributed by atoms with Gasteiger partial charge in [-0.3, -0.25) is 5.10 Å². The summed E-state index contributed by atoms with van der Waals surface area (Å²) in [6.45, 7) is 0. The number of aromatic nitrogens is 5. The molecule has 0 atom stereocenters. The summed E-state index contributed by atoms with van der Waals surface area (Å²) in [5.74, 6) is 0.972. The predicted octanol–water partition coefficient (Wildman–Crippen LogP) is 4.60. The fourth-order valence-electron chi connectivity index (χ4n) is 3.92. The summed E-state index contributed by atoms with van der Waals surface area (Å²) in [5.41, 5.74) is 4.55. The van der Waals surface area contributed by atoms with Crippen LogP contribution in [0.3, 0.4) is 0 Å². The lowest BCUT2D eigenvalue weighted by molar-refractivity contribution is 0.522. The second-order valence-corrected chi connectivity index (χ2v) is 6.71. The first-order valence-corrected chi connectivity index (χ1v) is 8.82. The van der Waals surface area contributed by atoms with E-state index in [0.29, 0.717) is 6.04 Å². The van der Waals surface area contributed by atoms with Gasteiger partial charge in [-0.2, -0.15) is 5.10 Å². The number of aromatic amines is 1. The van der Waals surface area contributed by atoms with Crippen LogP contribution in [0.15, 0.2) is 55.0 Å². The van der Waals surface area contributed by atoms with Crippen molar-refractivity contribution in [2.75, 3.05) is 0 Å². The molecule has 0 radical (unpaired) electrons. The van der Waals surface area contributed by atoms with Gasteiger partial charge < -0.3 is 4.57 Å². The molecule has 0 unspecified atom stereocenters. The monoisotopic (exact) mass is 329 g/mol. The molecule has 124 valence electrons. The van der Waals surface area contributed by atoms with E-state index in [0.717, 1.165) is 22.3 Å². The Labute approximate surface area is 145 Å². The van der Waals surface area contributed by atoms with Crippen molar-refractivity contribution in [3.05, 3.63) is 55.0 Å². The molecule has 4 aromatic rings. The topological polar surface area (TPSA) is 59.4 Å². The first-order chi connectivity index (χ1) is 12.4. The molecule has 1 fully saturated rings. The van der Waals surface area contributed by atoms with Crippen LogP contribution in [0.25, 0.3) is 33.4 Å². The van der Waals surface area contributed by atoms with Gasteiger partial charge in [0.1, 0.15) is 6.33 Å². The standard InChI is InChI=1S/C20H19N5/c1-2-5-16(4-1)25-13-22-24-20(25)15-10-8-14(9-11-15)17-6-3-7-19-18(17)12-21-23-19/h3,6-13,16H,1-2,4-5H2,(H,21,23). The van der Waals surface area contributed by atoms with E-state index in [-0.39, 0.29) is 0 Å². The molecule has 1 aliphatic carbocycles. The fourth-order valence-corrected chi connectivity index (χ4v) is 3.92. The lowest BCUT2D eigenvalue weighted by Gasteiger charge is -2.14. The van der Waals surface area contributed by atoms with Crippen LogP contribution in [0.5, 0.6) is 0 Å². The smallest absolute Gasteiger partial charge is 0.164 e. The van der Waals surface area contributed by atoms with E-state index in [1.54, 1.807) is 0 Å². The number of benzene rings is 2. The Balaban J connectivity index is 1.52. The van der Waals surface area contributed by atoms with Gasteiger partial charge in [0, 0.05) is 17.0 Å². The summed E-state index contributed by atoms with van der Waals surface area (Å²) >= 11 is 0. The maximum Gasteiger partial charge on any atom is 0.164 e. The van der Waals surface area contributed by atoms with Gasteiger partial charge in [-0.05, 0) is 30.0 Å². The molecule has 5 rings (SSSR count). The number of rotatable bonds is 3. The summed E-state index contributed by atoms with van der Waals surface area (Å²) in [7, 11) is 0. The largest absolute Gasteiger partial charge is 0.310 e. The molecule has 0 spiro atoms. The minimum atomic E-state index is 0.546. The zero-order chi connectivity index (χ0) is 16.6. The molecule has 1 aliphatic rings. The molecule has 0 bridgehead atoms. The highest BCUT2D eigenvalue weighted by Crippen LogP contribution is 2.33. The third kappa shape index (κ3) is 2.43. The van der Waals surface area contributed by atoms with Gasteiger partial charge >= 0.3 is 0 Å². The minimum absolute atomic E-state index is 0.546. The van der Waals surface area contributed by atoms with Crippen LogP contribution < -0.4 is 0 Å². The molecule has 0 aliphatic heterocycles.